The minimum absolute atomic E-state index is 0.00460. The number of carbonyl (C=O) groups excluding carboxylic acids is 1. The zero-order chi connectivity index (χ0) is 17.1. The predicted octanol–water partition coefficient (Wildman–Crippen LogP) is 2.06. The fourth-order valence-electron chi connectivity index (χ4n) is 2.02. The van der Waals surface area contributed by atoms with Crippen LogP contribution in [0.3, 0.4) is 0 Å². The average molecular weight is 348 g/mol. The molecule has 2 heterocycles. The molecule has 0 aliphatic carbocycles. The van der Waals surface area contributed by atoms with Crippen molar-refractivity contribution in [2.75, 3.05) is 7.11 Å². The molecule has 24 heavy (non-hydrogen) atoms. The monoisotopic (exact) mass is 347 g/mol. The van der Waals surface area contributed by atoms with Crippen LogP contribution in [0.5, 0.6) is 5.75 Å². The van der Waals surface area contributed by atoms with E-state index >= 15 is 0 Å². The van der Waals surface area contributed by atoms with E-state index in [9.17, 15) is 4.79 Å². The maximum atomic E-state index is 12.0. The second-order valence-electron chi connectivity index (χ2n) is 4.92. The molecule has 0 saturated carbocycles. The lowest BCUT2D eigenvalue weighted by molar-refractivity contribution is 0.0936. The summed E-state index contributed by atoms with van der Waals surface area (Å²) in [7, 11) is 3.20. The Bertz CT molecular complexity index is 854. The van der Waals surface area contributed by atoms with E-state index in [1.54, 1.807) is 20.2 Å². The molecule has 1 amide bonds. The van der Waals surface area contributed by atoms with Crippen LogP contribution in [0.25, 0.3) is 11.3 Å². The third-order valence-corrected chi connectivity index (χ3v) is 3.59. The van der Waals surface area contributed by atoms with Crippen molar-refractivity contribution in [3.8, 4) is 17.0 Å². The van der Waals surface area contributed by atoms with Gasteiger partial charge >= 0.3 is 0 Å². The Morgan fingerprint density at radius 3 is 2.96 bits per heavy atom. The molecule has 0 unspecified atom stereocenters. The first-order valence-corrected chi connectivity index (χ1v) is 7.39. The predicted molar refractivity (Wildman–Crippen MR) is 85.7 cm³/mol. The van der Waals surface area contributed by atoms with Crippen molar-refractivity contribution in [2.45, 2.75) is 6.54 Å². The van der Waals surface area contributed by atoms with Crippen LogP contribution in [-0.4, -0.2) is 32.9 Å². The largest absolute Gasteiger partial charge is 0.497 e. The van der Waals surface area contributed by atoms with E-state index in [1.807, 2.05) is 24.3 Å². The van der Waals surface area contributed by atoms with Crippen molar-refractivity contribution < 1.29 is 14.1 Å². The molecule has 1 N–H and O–H groups in total. The molecule has 124 valence electrons. The Morgan fingerprint density at radius 2 is 2.25 bits per heavy atom. The van der Waals surface area contributed by atoms with Crippen molar-refractivity contribution in [3.05, 3.63) is 47.2 Å². The van der Waals surface area contributed by atoms with Gasteiger partial charge in [0.2, 0.25) is 11.1 Å². The highest BCUT2D eigenvalue weighted by atomic mass is 35.5. The number of aromatic nitrogens is 4. The highest BCUT2D eigenvalue weighted by Crippen LogP contribution is 2.23. The summed E-state index contributed by atoms with van der Waals surface area (Å²) in [5.41, 5.74) is 1.51. The summed E-state index contributed by atoms with van der Waals surface area (Å²) in [5, 5.41) is 10.7. The zero-order valence-electron chi connectivity index (χ0n) is 13.0. The third-order valence-electron chi connectivity index (χ3n) is 3.26. The van der Waals surface area contributed by atoms with Crippen molar-refractivity contribution >= 4 is 17.5 Å². The molecule has 0 radical (unpaired) electrons. The Morgan fingerprint density at radius 1 is 1.42 bits per heavy atom. The lowest BCUT2D eigenvalue weighted by Crippen LogP contribution is -2.24. The first-order chi connectivity index (χ1) is 11.6. The topological polar surface area (TPSA) is 95.1 Å². The van der Waals surface area contributed by atoms with Gasteiger partial charge in [0.15, 0.2) is 5.76 Å². The molecule has 0 saturated heterocycles. The number of methoxy groups -OCH3 is 1. The molecule has 0 aliphatic rings. The van der Waals surface area contributed by atoms with Crippen LogP contribution in [0.15, 0.2) is 34.9 Å². The van der Waals surface area contributed by atoms with Gasteiger partial charge in [-0.05, 0) is 23.7 Å². The number of amides is 1. The number of benzene rings is 1. The van der Waals surface area contributed by atoms with Gasteiger partial charge in [-0.2, -0.15) is 4.98 Å². The van der Waals surface area contributed by atoms with Crippen molar-refractivity contribution in [3.63, 3.8) is 0 Å². The summed E-state index contributed by atoms with van der Waals surface area (Å²) in [6.07, 6.45) is 0. The van der Waals surface area contributed by atoms with E-state index in [0.717, 1.165) is 11.3 Å². The molecule has 3 rings (SSSR count). The van der Waals surface area contributed by atoms with Crippen molar-refractivity contribution in [1.29, 1.82) is 0 Å². The van der Waals surface area contributed by atoms with E-state index < -0.39 is 5.91 Å². The van der Waals surface area contributed by atoms with E-state index in [-0.39, 0.29) is 17.7 Å². The normalized spacial score (nSPS) is 10.6. The fourth-order valence-corrected chi connectivity index (χ4v) is 2.14. The summed E-state index contributed by atoms with van der Waals surface area (Å²) < 4.78 is 11.7. The molecule has 0 aliphatic heterocycles. The minimum Gasteiger partial charge on any atom is -0.497 e. The second-order valence-corrected chi connectivity index (χ2v) is 5.26. The standard InChI is InChI=1S/C15H14ClN5O3/c1-21-15(16)18-13(19-21)14(22)17-8-11-7-12(20-24-11)9-4-3-5-10(6-9)23-2/h3-7H,8H2,1-2H3,(H,17,22). The average Bonchev–Trinajstić information content (AvgIpc) is 3.20. The number of hydrogen-bond donors (Lipinski definition) is 1. The van der Waals surface area contributed by atoms with Gasteiger partial charge < -0.3 is 14.6 Å². The maximum absolute atomic E-state index is 12.0. The molecule has 1 aromatic carbocycles. The molecule has 0 spiro atoms. The summed E-state index contributed by atoms with van der Waals surface area (Å²) in [6, 6.07) is 9.19. The SMILES string of the molecule is COc1cccc(-c2cc(CNC(=O)c3nc(Cl)n(C)n3)on2)c1. The van der Waals surface area contributed by atoms with Gasteiger partial charge in [0.1, 0.15) is 11.4 Å². The molecular formula is C15H14ClN5O3. The first kappa shape index (κ1) is 16.0. The molecule has 0 bridgehead atoms. The number of nitrogens with one attached hydrogen (secondary N) is 1. The Hall–Kier alpha value is -2.87. The van der Waals surface area contributed by atoms with Crippen LogP contribution in [-0.2, 0) is 13.6 Å². The highest BCUT2D eigenvalue weighted by Gasteiger charge is 2.15. The summed E-state index contributed by atoms with van der Waals surface area (Å²) in [4.78, 5) is 15.8. The molecular weight excluding hydrogens is 334 g/mol. The number of carbonyl (C=O) groups is 1. The van der Waals surface area contributed by atoms with Gasteiger partial charge in [-0.1, -0.05) is 17.3 Å². The summed E-state index contributed by atoms with van der Waals surface area (Å²) in [5.74, 6) is 0.776. The molecule has 2 aromatic heterocycles. The quantitative estimate of drug-likeness (QED) is 0.759. The van der Waals surface area contributed by atoms with Gasteiger partial charge in [0.25, 0.3) is 5.91 Å². The van der Waals surface area contributed by atoms with Gasteiger partial charge in [0.05, 0.1) is 13.7 Å². The first-order valence-electron chi connectivity index (χ1n) is 7.01. The van der Waals surface area contributed by atoms with Crippen LogP contribution in [0.1, 0.15) is 16.4 Å². The molecule has 0 atom stereocenters. The number of rotatable bonds is 5. The van der Waals surface area contributed by atoms with Gasteiger partial charge in [-0.25, -0.2) is 4.68 Å². The molecule has 3 aromatic rings. The van der Waals surface area contributed by atoms with Crippen molar-refractivity contribution in [1.82, 2.24) is 25.2 Å². The molecule has 8 nitrogen and oxygen atoms in total. The molecule has 0 fully saturated rings. The van der Waals surface area contributed by atoms with Crippen molar-refractivity contribution in [2.24, 2.45) is 7.05 Å². The third kappa shape index (κ3) is 3.38. The van der Waals surface area contributed by atoms with Crippen LogP contribution in [0.4, 0.5) is 0 Å². The maximum Gasteiger partial charge on any atom is 0.291 e. The van der Waals surface area contributed by atoms with Gasteiger partial charge in [0, 0.05) is 18.7 Å². The number of aryl methyl sites for hydroxylation is 1. The Kier molecular flexibility index (Phi) is 4.48. The van der Waals surface area contributed by atoms with E-state index in [1.165, 1.54) is 4.68 Å². The summed E-state index contributed by atoms with van der Waals surface area (Å²) >= 11 is 5.76. The number of halogens is 1. The lowest BCUT2D eigenvalue weighted by Gasteiger charge is -2.00. The van der Waals surface area contributed by atoms with Crippen LogP contribution in [0, 0.1) is 0 Å². The summed E-state index contributed by atoms with van der Waals surface area (Å²) in [6.45, 7) is 0.158. The van der Waals surface area contributed by atoms with Gasteiger partial charge in [-0.3, -0.25) is 4.79 Å². The van der Waals surface area contributed by atoms with Gasteiger partial charge in [-0.15, -0.1) is 5.10 Å². The Balaban J connectivity index is 1.66. The smallest absolute Gasteiger partial charge is 0.291 e. The number of hydrogen-bond acceptors (Lipinski definition) is 6. The zero-order valence-corrected chi connectivity index (χ0v) is 13.7. The molecule has 9 heteroatoms. The fraction of sp³-hybridized carbons (Fsp3) is 0.200. The number of ether oxygens (including phenoxy) is 1. The van der Waals surface area contributed by atoms with Crippen LogP contribution < -0.4 is 10.1 Å². The van der Waals surface area contributed by atoms with E-state index in [2.05, 4.69) is 20.6 Å². The highest BCUT2D eigenvalue weighted by molar-refractivity contribution is 6.28. The Labute approximate surface area is 142 Å². The lowest BCUT2D eigenvalue weighted by atomic mass is 10.1. The van der Waals surface area contributed by atoms with E-state index in [0.29, 0.717) is 11.5 Å². The van der Waals surface area contributed by atoms with Crippen LogP contribution in [0.2, 0.25) is 5.28 Å². The van der Waals surface area contributed by atoms with E-state index in [4.69, 9.17) is 20.9 Å². The van der Waals surface area contributed by atoms with Crippen LogP contribution >= 0.6 is 11.6 Å². The second kappa shape index (κ2) is 6.71. The number of nitrogens with zero attached hydrogens (tertiary/aromatic N) is 4. The minimum atomic E-state index is -0.447.